The molecule has 0 amide bonds. The van der Waals surface area contributed by atoms with Crippen LogP contribution in [0.5, 0.6) is 0 Å². The number of aryl methyl sites for hydroxylation is 1. The van der Waals surface area contributed by atoms with Crippen LogP contribution >= 0.6 is 0 Å². The van der Waals surface area contributed by atoms with E-state index in [0.717, 1.165) is 74.7 Å². The molecule has 0 bridgehead atoms. The van der Waals surface area contributed by atoms with E-state index >= 15 is 0 Å². The van der Waals surface area contributed by atoms with E-state index in [2.05, 4.69) is 31.6 Å². The van der Waals surface area contributed by atoms with Crippen molar-refractivity contribution in [2.45, 2.75) is 26.7 Å². The van der Waals surface area contributed by atoms with Crippen molar-refractivity contribution in [2.75, 3.05) is 55.6 Å². The molecule has 2 aliphatic heterocycles. The van der Waals surface area contributed by atoms with Crippen molar-refractivity contribution in [3.8, 4) is 11.3 Å². The van der Waals surface area contributed by atoms with E-state index in [1.54, 1.807) is 0 Å². The van der Waals surface area contributed by atoms with Gasteiger partial charge in [0.05, 0.1) is 11.4 Å². The van der Waals surface area contributed by atoms with Crippen LogP contribution in [-0.2, 0) is 0 Å². The first-order valence-corrected chi connectivity index (χ1v) is 9.64. The van der Waals surface area contributed by atoms with Crippen molar-refractivity contribution in [3.63, 3.8) is 0 Å². The molecule has 26 heavy (non-hydrogen) atoms. The van der Waals surface area contributed by atoms with E-state index < -0.39 is 0 Å². The van der Waals surface area contributed by atoms with Crippen LogP contribution in [0.3, 0.4) is 0 Å². The van der Waals surface area contributed by atoms with Gasteiger partial charge >= 0.3 is 0 Å². The number of nitrogens with zero attached hydrogens (tertiary/aromatic N) is 7. The lowest BCUT2D eigenvalue weighted by molar-refractivity contribution is 0.270. The summed E-state index contributed by atoms with van der Waals surface area (Å²) in [5.74, 6) is 1.65. The molecule has 0 atom stereocenters. The minimum absolute atomic E-state index is 0.807. The smallest absolute Gasteiger partial charge is 0.225 e. The summed E-state index contributed by atoms with van der Waals surface area (Å²) < 4.78 is 0. The van der Waals surface area contributed by atoms with Gasteiger partial charge in [-0.15, -0.1) is 0 Å². The highest BCUT2D eigenvalue weighted by Crippen LogP contribution is 2.24. The van der Waals surface area contributed by atoms with Gasteiger partial charge in [-0.2, -0.15) is 0 Å². The van der Waals surface area contributed by atoms with E-state index in [1.165, 1.54) is 12.8 Å². The highest BCUT2D eigenvalue weighted by atomic mass is 15.3. The maximum atomic E-state index is 4.81. The number of likely N-dealkylation sites (N-methyl/N-ethyl adjacent to an activating group) is 1. The number of hydrogen-bond acceptors (Lipinski definition) is 7. The third kappa shape index (κ3) is 3.49. The predicted octanol–water partition coefficient (Wildman–Crippen LogP) is 1.98. The number of anilines is 2. The zero-order valence-electron chi connectivity index (χ0n) is 15.7. The molecule has 0 radical (unpaired) electrons. The summed E-state index contributed by atoms with van der Waals surface area (Å²) in [7, 11) is 0. The van der Waals surface area contributed by atoms with Crippen molar-refractivity contribution < 1.29 is 0 Å². The van der Waals surface area contributed by atoms with Crippen molar-refractivity contribution in [3.05, 3.63) is 24.2 Å². The summed E-state index contributed by atoms with van der Waals surface area (Å²) in [5, 5.41) is 0. The average Bonchev–Trinajstić information content (AvgIpc) is 3.23. The molecule has 2 aromatic heterocycles. The van der Waals surface area contributed by atoms with Gasteiger partial charge in [-0.25, -0.2) is 19.9 Å². The number of rotatable bonds is 4. The average molecular weight is 353 g/mol. The molecule has 7 nitrogen and oxygen atoms in total. The first kappa shape index (κ1) is 17.1. The van der Waals surface area contributed by atoms with Gasteiger partial charge in [-0.05, 0) is 32.4 Å². The lowest BCUT2D eigenvalue weighted by Gasteiger charge is -2.34. The molecule has 0 unspecified atom stereocenters. The van der Waals surface area contributed by atoms with Gasteiger partial charge in [0.2, 0.25) is 11.9 Å². The predicted molar refractivity (Wildman–Crippen MR) is 104 cm³/mol. The molecule has 0 aromatic carbocycles. The Bertz CT molecular complexity index is 749. The third-order valence-corrected chi connectivity index (χ3v) is 5.38. The zero-order chi connectivity index (χ0) is 17.9. The van der Waals surface area contributed by atoms with E-state index in [4.69, 9.17) is 9.97 Å². The fourth-order valence-electron chi connectivity index (χ4n) is 3.69. The second kappa shape index (κ2) is 7.53. The van der Waals surface area contributed by atoms with Crippen molar-refractivity contribution in [1.29, 1.82) is 0 Å². The monoisotopic (exact) mass is 353 g/mol. The summed E-state index contributed by atoms with van der Waals surface area (Å²) in [5.41, 5.74) is 2.87. The molecule has 0 spiro atoms. The molecule has 0 aliphatic carbocycles. The van der Waals surface area contributed by atoms with Crippen molar-refractivity contribution in [2.24, 2.45) is 0 Å². The summed E-state index contributed by atoms with van der Waals surface area (Å²) >= 11 is 0. The minimum atomic E-state index is 0.807. The van der Waals surface area contributed by atoms with Crippen LogP contribution in [0.4, 0.5) is 11.9 Å². The quantitative estimate of drug-likeness (QED) is 0.833. The molecule has 7 heteroatoms. The second-order valence-electron chi connectivity index (χ2n) is 7.03. The van der Waals surface area contributed by atoms with Gasteiger partial charge in [-0.3, -0.25) is 0 Å². The van der Waals surface area contributed by atoms with E-state index in [9.17, 15) is 0 Å². The molecule has 138 valence electrons. The van der Waals surface area contributed by atoms with Gasteiger partial charge in [-0.1, -0.05) is 6.92 Å². The minimum Gasteiger partial charge on any atom is -0.341 e. The summed E-state index contributed by atoms with van der Waals surface area (Å²) in [6, 6.07) is 1.95. The normalized spacial score (nSPS) is 18.5. The summed E-state index contributed by atoms with van der Waals surface area (Å²) in [4.78, 5) is 25.6. The van der Waals surface area contributed by atoms with Crippen molar-refractivity contribution in [1.82, 2.24) is 24.8 Å². The molecular weight excluding hydrogens is 326 g/mol. The van der Waals surface area contributed by atoms with Crippen LogP contribution in [0.15, 0.2) is 18.5 Å². The first-order valence-electron chi connectivity index (χ1n) is 9.64. The molecule has 4 heterocycles. The number of aromatic nitrogens is 4. The van der Waals surface area contributed by atoms with Crippen molar-refractivity contribution >= 4 is 11.9 Å². The Balaban J connectivity index is 1.54. The van der Waals surface area contributed by atoms with E-state index in [-0.39, 0.29) is 0 Å². The Kier molecular flexibility index (Phi) is 4.97. The molecule has 2 aliphatic rings. The first-order chi connectivity index (χ1) is 12.7. The van der Waals surface area contributed by atoms with Crippen LogP contribution in [0.2, 0.25) is 0 Å². The third-order valence-electron chi connectivity index (χ3n) is 5.38. The zero-order valence-corrected chi connectivity index (χ0v) is 15.7. The topological polar surface area (TPSA) is 61.3 Å². The SMILES string of the molecule is CCN1CCN(c2nccc(-c3cnc(N4CCCC4)nc3C)n2)CC1. The molecule has 2 fully saturated rings. The number of hydrogen-bond donors (Lipinski definition) is 0. The fourth-order valence-corrected chi connectivity index (χ4v) is 3.69. The lowest BCUT2D eigenvalue weighted by atomic mass is 10.2. The highest BCUT2D eigenvalue weighted by molar-refractivity contribution is 5.62. The lowest BCUT2D eigenvalue weighted by Crippen LogP contribution is -2.46. The Hall–Kier alpha value is -2.28. The molecule has 4 rings (SSSR count). The maximum Gasteiger partial charge on any atom is 0.225 e. The highest BCUT2D eigenvalue weighted by Gasteiger charge is 2.19. The van der Waals surface area contributed by atoms with Crippen LogP contribution in [-0.4, -0.2) is 70.6 Å². The van der Waals surface area contributed by atoms with Crippen LogP contribution in [0.1, 0.15) is 25.5 Å². The number of piperazine rings is 1. The van der Waals surface area contributed by atoms with Gasteiger partial charge in [0.25, 0.3) is 0 Å². The van der Waals surface area contributed by atoms with Gasteiger partial charge < -0.3 is 14.7 Å². The van der Waals surface area contributed by atoms with E-state index in [1.807, 2.05) is 25.4 Å². The van der Waals surface area contributed by atoms with Gasteiger partial charge in [0.1, 0.15) is 0 Å². The fraction of sp³-hybridized carbons (Fsp3) is 0.579. The van der Waals surface area contributed by atoms with Gasteiger partial charge in [0.15, 0.2) is 0 Å². The maximum absolute atomic E-state index is 4.81. The van der Waals surface area contributed by atoms with Crippen LogP contribution in [0.25, 0.3) is 11.3 Å². The Morgan fingerprint density at radius 2 is 1.58 bits per heavy atom. The molecule has 0 saturated carbocycles. The molecule has 2 aromatic rings. The Labute approximate surface area is 155 Å². The Morgan fingerprint density at radius 3 is 2.27 bits per heavy atom. The largest absolute Gasteiger partial charge is 0.341 e. The molecule has 0 N–H and O–H groups in total. The van der Waals surface area contributed by atoms with Crippen LogP contribution in [0, 0.1) is 6.92 Å². The van der Waals surface area contributed by atoms with E-state index in [0.29, 0.717) is 0 Å². The standard InChI is InChI=1S/C19H27N7/c1-3-24-10-12-26(13-11-24)18-20-7-6-17(23-18)16-14-21-19(22-15(16)2)25-8-4-5-9-25/h6-7,14H,3-5,8-13H2,1-2H3. The second-order valence-corrected chi connectivity index (χ2v) is 7.03. The Morgan fingerprint density at radius 1 is 0.885 bits per heavy atom. The summed E-state index contributed by atoms with van der Waals surface area (Å²) in [6.07, 6.45) is 6.21. The molecular formula is C19H27N7. The van der Waals surface area contributed by atoms with Crippen LogP contribution < -0.4 is 9.80 Å². The van der Waals surface area contributed by atoms with Gasteiger partial charge in [0, 0.05) is 57.2 Å². The molecule has 2 saturated heterocycles. The summed E-state index contributed by atoms with van der Waals surface area (Å²) in [6.45, 7) is 11.5.